The molecule has 0 unspecified atom stereocenters. The molecular formula is C20H22N2O7. The van der Waals surface area contributed by atoms with E-state index in [2.05, 4.69) is 0 Å². The monoisotopic (exact) mass is 402 g/mol. The number of ether oxygens (including phenoxy) is 4. The Morgan fingerprint density at radius 1 is 1.10 bits per heavy atom. The SMILES string of the molecule is COc1ccc(OCCOC(=O)c2ccc(N3CCOCC3)c([N+](=O)[O-])c2)cc1. The van der Waals surface area contributed by atoms with Crippen molar-refractivity contribution >= 4 is 17.3 Å². The summed E-state index contributed by atoms with van der Waals surface area (Å²) in [6.45, 7) is 2.32. The lowest BCUT2D eigenvalue weighted by molar-refractivity contribution is -0.384. The lowest BCUT2D eigenvalue weighted by atomic mass is 10.1. The highest BCUT2D eigenvalue weighted by molar-refractivity contribution is 5.91. The first-order valence-electron chi connectivity index (χ1n) is 9.13. The smallest absolute Gasteiger partial charge is 0.338 e. The van der Waals surface area contributed by atoms with Gasteiger partial charge >= 0.3 is 5.97 Å². The van der Waals surface area contributed by atoms with Gasteiger partial charge in [0.1, 0.15) is 30.4 Å². The summed E-state index contributed by atoms with van der Waals surface area (Å²) in [7, 11) is 1.58. The zero-order valence-electron chi connectivity index (χ0n) is 16.0. The van der Waals surface area contributed by atoms with Gasteiger partial charge in [0, 0.05) is 19.2 Å². The maximum atomic E-state index is 12.3. The van der Waals surface area contributed by atoms with E-state index in [4.69, 9.17) is 18.9 Å². The van der Waals surface area contributed by atoms with E-state index in [9.17, 15) is 14.9 Å². The van der Waals surface area contributed by atoms with Gasteiger partial charge in [-0.15, -0.1) is 0 Å². The summed E-state index contributed by atoms with van der Waals surface area (Å²) >= 11 is 0. The molecule has 0 aliphatic carbocycles. The quantitative estimate of drug-likeness (QED) is 0.288. The number of carbonyl (C=O) groups excluding carboxylic acids is 1. The number of methoxy groups -OCH3 is 1. The van der Waals surface area contributed by atoms with Crippen LogP contribution >= 0.6 is 0 Å². The van der Waals surface area contributed by atoms with Crippen molar-refractivity contribution in [2.75, 3.05) is 51.5 Å². The largest absolute Gasteiger partial charge is 0.497 e. The third-order valence-electron chi connectivity index (χ3n) is 4.40. The highest BCUT2D eigenvalue weighted by atomic mass is 16.6. The summed E-state index contributed by atoms with van der Waals surface area (Å²) in [4.78, 5) is 25.1. The van der Waals surface area contributed by atoms with E-state index >= 15 is 0 Å². The van der Waals surface area contributed by atoms with Crippen LogP contribution in [0.2, 0.25) is 0 Å². The topological polar surface area (TPSA) is 100 Å². The van der Waals surface area contributed by atoms with Gasteiger partial charge in [-0.25, -0.2) is 4.79 Å². The fraction of sp³-hybridized carbons (Fsp3) is 0.350. The van der Waals surface area contributed by atoms with Crippen molar-refractivity contribution in [1.82, 2.24) is 0 Å². The standard InChI is InChI=1S/C20H22N2O7/c1-26-16-3-5-17(6-4-16)28-12-13-29-20(23)15-2-7-18(19(14-15)22(24)25)21-8-10-27-11-9-21/h2-7,14H,8-13H2,1H3. The minimum absolute atomic E-state index is 0.0177. The first kappa shape index (κ1) is 20.4. The van der Waals surface area contributed by atoms with Crippen molar-refractivity contribution in [3.05, 3.63) is 58.1 Å². The normalized spacial score (nSPS) is 13.6. The first-order chi connectivity index (χ1) is 14.1. The maximum Gasteiger partial charge on any atom is 0.338 e. The van der Waals surface area contributed by atoms with Crippen LogP contribution in [-0.4, -0.2) is 57.5 Å². The summed E-state index contributed by atoms with van der Waals surface area (Å²) in [6, 6.07) is 11.4. The molecule has 1 fully saturated rings. The molecule has 29 heavy (non-hydrogen) atoms. The second kappa shape index (κ2) is 9.74. The molecule has 0 aromatic heterocycles. The Bertz CT molecular complexity index is 848. The van der Waals surface area contributed by atoms with Crippen molar-refractivity contribution in [2.24, 2.45) is 0 Å². The Morgan fingerprint density at radius 2 is 1.79 bits per heavy atom. The summed E-state index contributed by atoms with van der Waals surface area (Å²) in [5.41, 5.74) is 0.465. The highest BCUT2D eigenvalue weighted by Gasteiger charge is 2.23. The molecule has 1 aliphatic heterocycles. The van der Waals surface area contributed by atoms with E-state index in [1.807, 2.05) is 4.90 Å². The Balaban J connectivity index is 1.56. The van der Waals surface area contributed by atoms with Gasteiger partial charge in [0.05, 0.1) is 30.8 Å². The number of hydrogen-bond donors (Lipinski definition) is 0. The Morgan fingerprint density at radius 3 is 2.45 bits per heavy atom. The van der Waals surface area contributed by atoms with Gasteiger partial charge in [-0.3, -0.25) is 10.1 Å². The Hall–Kier alpha value is -3.33. The molecule has 9 nitrogen and oxygen atoms in total. The molecule has 0 saturated carbocycles. The third kappa shape index (κ3) is 5.35. The van der Waals surface area contributed by atoms with Crippen LogP contribution in [0.4, 0.5) is 11.4 Å². The molecule has 9 heteroatoms. The molecule has 1 saturated heterocycles. The summed E-state index contributed by atoms with van der Waals surface area (Å²) in [5.74, 6) is 0.693. The van der Waals surface area contributed by atoms with Crippen LogP contribution in [0.15, 0.2) is 42.5 Å². The van der Waals surface area contributed by atoms with Gasteiger partial charge in [-0.2, -0.15) is 0 Å². The van der Waals surface area contributed by atoms with Crippen molar-refractivity contribution in [3.8, 4) is 11.5 Å². The molecule has 0 radical (unpaired) electrons. The van der Waals surface area contributed by atoms with Gasteiger partial charge in [-0.05, 0) is 36.4 Å². The Labute approximate surface area is 167 Å². The molecule has 2 aromatic carbocycles. The number of rotatable bonds is 8. The third-order valence-corrected chi connectivity index (χ3v) is 4.40. The van der Waals surface area contributed by atoms with E-state index in [1.165, 1.54) is 12.1 Å². The molecule has 154 valence electrons. The van der Waals surface area contributed by atoms with E-state index in [0.29, 0.717) is 43.5 Å². The molecule has 0 atom stereocenters. The lowest BCUT2D eigenvalue weighted by Crippen LogP contribution is -2.36. The highest BCUT2D eigenvalue weighted by Crippen LogP contribution is 2.30. The van der Waals surface area contributed by atoms with Gasteiger partial charge in [-0.1, -0.05) is 0 Å². The number of carbonyl (C=O) groups is 1. The number of esters is 1. The van der Waals surface area contributed by atoms with Gasteiger partial charge in [0.2, 0.25) is 0 Å². The number of benzene rings is 2. The number of nitro benzene ring substituents is 1. The van der Waals surface area contributed by atoms with E-state index < -0.39 is 10.9 Å². The second-order valence-corrected chi connectivity index (χ2v) is 6.22. The average molecular weight is 402 g/mol. The van der Waals surface area contributed by atoms with Crippen molar-refractivity contribution in [3.63, 3.8) is 0 Å². The average Bonchev–Trinajstić information content (AvgIpc) is 2.77. The Kier molecular flexibility index (Phi) is 6.85. The number of morpholine rings is 1. The second-order valence-electron chi connectivity index (χ2n) is 6.22. The molecule has 0 amide bonds. The van der Waals surface area contributed by atoms with Crippen LogP contribution in [0.25, 0.3) is 0 Å². The zero-order valence-corrected chi connectivity index (χ0v) is 16.0. The zero-order chi connectivity index (χ0) is 20.6. The van der Waals surface area contributed by atoms with Crippen molar-refractivity contribution < 1.29 is 28.7 Å². The van der Waals surface area contributed by atoms with Gasteiger partial charge in [0.25, 0.3) is 5.69 Å². The number of anilines is 1. The molecule has 1 heterocycles. The molecular weight excluding hydrogens is 380 g/mol. The molecule has 0 bridgehead atoms. The predicted molar refractivity (Wildman–Crippen MR) is 105 cm³/mol. The van der Waals surface area contributed by atoms with Gasteiger partial charge < -0.3 is 23.8 Å². The van der Waals surface area contributed by atoms with Crippen LogP contribution in [-0.2, 0) is 9.47 Å². The molecule has 0 N–H and O–H groups in total. The van der Waals surface area contributed by atoms with E-state index in [-0.39, 0.29) is 24.5 Å². The van der Waals surface area contributed by atoms with E-state index in [1.54, 1.807) is 37.4 Å². The predicted octanol–water partition coefficient (Wildman–Crippen LogP) is 2.68. The molecule has 0 spiro atoms. The minimum Gasteiger partial charge on any atom is -0.497 e. The maximum absolute atomic E-state index is 12.3. The van der Waals surface area contributed by atoms with Crippen LogP contribution in [0, 0.1) is 10.1 Å². The van der Waals surface area contributed by atoms with Crippen LogP contribution in [0.5, 0.6) is 11.5 Å². The van der Waals surface area contributed by atoms with Crippen molar-refractivity contribution in [1.29, 1.82) is 0 Å². The van der Waals surface area contributed by atoms with Crippen LogP contribution < -0.4 is 14.4 Å². The molecule has 2 aromatic rings. The number of nitro groups is 1. The van der Waals surface area contributed by atoms with Crippen LogP contribution in [0.3, 0.4) is 0 Å². The first-order valence-corrected chi connectivity index (χ1v) is 9.13. The molecule has 3 rings (SSSR count). The summed E-state index contributed by atoms with van der Waals surface area (Å²) < 4.78 is 21.0. The van der Waals surface area contributed by atoms with Crippen LogP contribution in [0.1, 0.15) is 10.4 Å². The minimum atomic E-state index is -0.639. The fourth-order valence-electron chi connectivity index (χ4n) is 2.92. The number of hydrogen-bond acceptors (Lipinski definition) is 8. The number of nitrogens with zero attached hydrogens (tertiary/aromatic N) is 2. The van der Waals surface area contributed by atoms with Gasteiger partial charge in [0.15, 0.2) is 0 Å². The fourth-order valence-corrected chi connectivity index (χ4v) is 2.92. The summed E-state index contributed by atoms with van der Waals surface area (Å²) in [6.07, 6.45) is 0. The van der Waals surface area contributed by atoms with E-state index in [0.717, 1.165) is 0 Å². The summed E-state index contributed by atoms with van der Waals surface area (Å²) in [5, 5.41) is 11.5. The van der Waals surface area contributed by atoms with Crippen molar-refractivity contribution in [2.45, 2.75) is 0 Å². The lowest BCUT2D eigenvalue weighted by Gasteiger charge is -2.28. The molecule has 1 aliphatic rings.